The van der Waals surface area contributed by atoms with Gasteiger partial charge in [0.25, 0.3) is 0 Å². The first-order chi connectivity index (χ1) is 12.2. The van der Waals surface area contributed by atoms with Crippen molar-refractivity contribution in [2.45, 2.75) is 26.7 Å². The number of nitrogens with zero attached hydrogens (tertiary/aromatic N) is 5. The molecule has 0 saturated carbocycles. The van der Waals surface area contributed by atoms with Gasteiger partial charge in [-0.25, -0.2) is 0 Å². The van der Waals surface area contributed by atoms with Crippen LogP contribution in [0.15, 0.2) is 17.4 Å². The number of anilines is 1. The fourth-order valence-corrected chi connectivity index (χ4v) is 2.75. The summed E-state index contributed by atoms with van der Waals surface area (Å²) in [6.07, 6.45) is 5.58. The van der Waals surface area contributed by atoms with Crippen LogP contribution in [-0.2, 0) is 16.6 Å². The van der Waals surface area contributed by atoms with Crippen LogP contribution in [0.4, 0.5) is 5.69 Å². The molecule has 0 aromatic carbocycles. The Kier molecular flexibility index (Phi) is 10.6. The smallest absolute Gasteiger partial charge is 0.246 e. The van der Waals surface area contributed by atoms with Crippen molar-refractivity contribution in [2.24, 2.45) is 12.0 Å². The standard InChI is InChI=1S/C17H30N6O2.HI/c1-4-18-17(19-8-6-7-11-25-5-2)22-9-10-23(16(24)14-22)15-12-20-21(3)13-15;/h12-13H,4-11,14H2,1-3H3,(H,18,19);1H. The highest BCUT2D eigenvalue weighted by atomic mass is 127. The molecule has 26 heavy (non-hydrogen) atoms. The number of amides is 1. The van der Waals surface area contributed by atoms with E-state index in [4.69, 9.17) is 4.74 Å². The van der Waals surface area contributed by atoms with Crippen LogP contribution in [0.25, 0.3) is 0 Å². The second-order valence-electron chi connectivity index (χ2n) is 5.98. The largest absolute Gasteiger partial charge is 0.382 e. The first kappa shape index (κ1) is 22.7. The second-order valence-corrected chi connectivity index (χ2v) is 5.98. The van der Waals surface area contributed by atoms with Gasteiger partial charge in [0.15, 0.2) is 5.96 Å². The van der Waals surface area contributed by atoms with Gasteiger partial charge in [-0.15, -0.1) is 24.0 Å². The highest BCUT2D eigenvalue weighted by Gasteiger charge is 2.27. The molecule has 1 aliphatic rings. The van der Waals surface area contributed by atoms with Crippen LogP contribution in [0.1, 0.15) is 26.7 Å². The number of rotatable bonds is 8. The molecule has 2 rings (SSSR count). The quantitative estimate of drug-likeness (QED) is 0.265. The maximum atomic E-state index is 12.5. The molecular formula is C17H31IN6O2. The molecule has 0 aliphatic carbocycles. The number of ether oxygens (including phenoxy) is 1. The van der Waals surface area contributed by atoms with Crippen LogP contribution in [0, 0.1) is 0 Å². The number of piperazine rings is 1. The summed E-state index contributed by atoms with van der Waals surface area (Å²) in [7, 11) is 1.85. The van der Waals surface area contributed by atoms with E-state index in [1.165, 1.54) is 0 Å². The number of unbranched alkanes of at least 4 members (excludes halogenated alkanes) is 1. The third-order valence-corrected chi connectivity index (χ3v) is 4.02. The Morgan fingerprint density at radius 3 is 2.77 bits per heavy atom. The molecule has 148 valence electrons. The molecular weight excluding hydrogens is 447 g/mol. The van der Waals surface area contributed by atoms with Gasteiger partial charge in [0, 0.05) is 52.6 Å². The minimum Gasteiger partial charge on any atom is -0.382 e. The Hall–Kier alpha value is -1.36. The SMILES string of the molecule is CCNC(=NCCCCOCC)N1CCN(c2cnn(C)c2)C(=O)C1.I. The Bertz CT molecular complexity index is 577. The van der Waals surface area contributed by atoms with Crippen LogP contribution in [0.5, 0.6) is 0 Å². The molecule has 0 atom stereocenters. The number of halogens is 1. The van der Waals surface area contributed by atoms with Gasteiger partial charge in [0.05, 0.1) is 11.9 Å². The maximum absolute atomic E-state index is 12.5. The average molecular weight is 478 g/mol. The summed E-state index contributed by atoms with van der Waals surface area (Å²) in [5, 5.41) is 7.43. The number of hydrogen-bond acceptors (Lipinski definition) is 4. The lowest BCUT2D eigenvalue weighted by molar-refractivity contribution is -0.120. The molecule has 1 fully saturated rings. The number of carbonyl (C=O) groups is 1. The number of aryl methyl sites for hydroxylation is 1. The second kappa shape index (κ2) is 12.1. The lowest BCUT2D eigenvalue weighted by Gasteiger charge is -2.35. The molecule has 1 aliphatic heterocycles. The van der Waals surface area contributed by atoms with Crippen molar-refractivity contribution in [1.82, 2.24) is 20.0 Å². The summed E-state index contributed by atoms with van der Waals surface area (Å²) in [6.45, 7) is 8.84. The summed E-state index contributed by atoms with van der Waals surface area (Å²) in [5.74, 6) is 0.888. The number of guanidine groups is 1. The van der Waals surface area contributed by atoms with Crippen molar-refractivity contribution in [2.75, 3.05) is 50.8 Å². The lowest BCUT2D eigenvalue weighted by Crippen LogP contribution is -2.55. The van der Waals surface area contributed by atoms with Gasteiger partial charge in [-0.2, -0.15) is 5.10 Å². The molecule has 1 saturated heterocycles. The molecule has 1 aromatic rings. The lowest BCUT2D eigenvalue weighted by atomic mass is 10.3. The molecule has 1 amide bonds. The van der Waals surface area contributed by atoms with E-state index in [-0.39, 0.29) is 29.9 Å². The van der Waals surface area contributed by atoms with Crippen LogP contribution >= 0.6 is 24.0 Å². The monoisotopic (exact) mass is 478 g/mol. The molecule has 0 radical (unpaired) electrons. The zero-order chi connectivity index (χ0) is 18.1. The summed E-state index contributed by atoms with van der Waals surface area (Å²) < 4.78 is 7.05. The van der Waals surface area contributed by atoms with E-state index in [1.807, 2.05) is 32.0 Å². The Labute approximate surface area is 173 Å². The number of nitrogens with one attached hydrogen (secondary N) is 1. The minimum absolute atomic E-state index is 0. The van der Waals surface area contributed by atoms with E-state index < -0.39 is 0 Å². The predicted octanol–water partition coefficient (Wildman–Crippen LogP) is 1.47. The average Bonchev–Trinajstić information content (AvgIpc) is 3.03. The fraction of sp³-hybridized carbons (Fsp3) is 0.706. The maximum Gasteiger partial charge on any atom is 0.246 e. The van der Waals surface area contributed by atoms with Gasteiger partial charge in [-0.05, 0) is 26.7 Å². The van der Waals surface area contributed by atoms with Crippen molar-refractivity contribution in [3.8, 4) is 0 Å². The molecule has 8 nitrogen and oxygen atoms in total. The van der Waals surface area contributed by atoms with E-state index >= 15 is 0 Å². The number of aliphatic imine (C=N–C) groups is 1. The number of hydrogen-bond donors (Lipinski definition) is 1. The first-order valence-electron chi connectivity index (χ1n) is 9.05. The number of carbonyl (C=O) groups excluding carboxylic acids is 1. The van der Waals surface area contributed by atoms with Crippen molar-refractivity contribution in [1.29, 1.82) is 0 Å². The molecule has 0 bridgehead atoms. The van der Waals surface area contributed by atoms with E-state index in [2.05, 4.69) is 15.4 Å². The van der Waals surface area contributed by atoms with Crippen LogP contribution in [0.3, 0.4) is 0 Å². The molecule has 1 aromatic heterocycles. The van der Waals surface area contributed by atoms with Crippen molar-refractivity contribution in [3.05, 3.63) is 12.4 Å². The molecule has 0 spiro atoms. The summed E-state index contributed by atoms with van der Waals surface area (Å²) in [4.78, 5) is 21.0. The van der Waals surface area contributed by atoms with E-state index in [9.17, 15) is 4.79 Å². The van der Waals surface area contributed by atoms with Crippen molar-refractivity contribution >= 4 is 41.5 Å². The predicted molar refractivity (Wildman–Crippen MR) is 114 cm³/mol. The van der Waals surface area contributed by atoms with E-state index in [0.717, 1.165) is 57.3 Å². The minimum atomic E-state index is 0. The van der Waals surface area contributed by atoms with Gasteiger partial charge < -0.3 is 19.9 Å². The zero-order valence-electron chi connectivity index (χ0n) is 16.0. The first-order valence-corrected chi connectivity index (χ1v) is 9.05. The van der Waals surface area contributed by atoms with Gasteiger partial charge >= 0.3 is 0 Å². The Morgan fingerprint density at radius 1 is 1.35 bits per heavy atom. The van der Waals surface area contributed by atoms with Gasteiger partial charge in [-0.1, -0.05) is 0 Å². The normalized spacial score (nSPS) is 15.2. The van der Waals surface area contributed by atoms with Gasteiger partial charge in [0.2, 0.25) is 5.91 Å². The van der Waals surface area contributed by atoms with E-state index in [0.29, 0.717) is 13.1 Å². The van der Waals surface area contributed by atoms with Crippen LogP contribution < -0.4 is 10.2 Å². The van der Waals surface area contributed by atoms with E-state index in [1.54, 1.807) is 15.8 Å². The zero-order valence-corrected chi connectivity index (χ0v) is 18.3. The summed E-state index contributed by atoms with van der Waals surface area (Å²) in [5.41, 5.74) is 0.852. The molecule has 0 unspecified atom stereocenters. The highest BCUT2D eigenvalue weighted by molar-refractivity contribution is 14.0. The van der Waals surface area contributed by atoms with Crippen LogP contribution in [-0.4, -0.2) is 72.5 Å². The van der Waals surface area contributed by atoms with Crippen molar-refractivity contribution < 1.29 is 9.53 Å². The fourth-order valence-electron chi connectivity index (χ4n) is 2.75. The molecule has 9 heteroatoms. The van der Waals surface area contributed by atoms with Gasteiger partial charge in [0.1, 0.15) is 6.54 Å². The summed E-state index contributed by atoms with van der Waals surface area (Å²) >= 11 is 0. The molecule has 1 N–H and O–H groups in total. The van der Waals surface area contributed by atoms with Gasteiger partial charge in [-0.3, -0.25) is 14.5 Å². The third-order valence-electron chi connectivity index (χ3n) is 4.02. The van der Waals surface area contributed by atoms with Crippen LogP contribution in [0.2, 0.25) is 0 Å². The Morgan fingerprint density at radius 2 is 2.15 bits per heavy atom. The Balaban J connectivity index is 0.00000338. The highest BCUT2D eigenvalue weighted by Crippen LogP contribution is 2.16. The third kappa shape index (κ3) is 6.75. The topological polar surface area (TPSA) is 75.0 Å². The molecule has 2 heterocycles. The van der Waals surface area contributed by atoms with Crippen molar-refractivity contribution in [3.63, 3.8) is 0 Å². The number of aromatic nitrogens is 2. The summed E-state index contributed by atoms with van der Waals surface area (Å²) in [6, 6.07) is 0.